The van der Waals surface area contributed by atoms with E-state index in [9.17, 15) is 20.4 Å². The van der Waals surface area contributed by atoms with E-state index in [4.69, 9.17) is 0 Å². The van der Waals surface area contributed by atoms with E-state index >= 15 is 0 Å². The lowest BCUT2D eigenvalue weighted by Gasteiger charge is -2.27. The van der Waals surface area contributed by atoms with Crippen molar-refractivity contribution in [2.45, 2.75) is 45.4 Å². The highest BCUT2D eigenvalue weighted by Gasteiger charge is 2.27. The van der Waals surface area contributed by atoms with Crippen molar-refractivity contribution >= 4 is 0 Å². The van der Waals surface area contributed by atoms with Gasteiger partial charge in [0.2, 0.25) is 0 Å². The fourth-order valence-electron chi connectivity index (χ4n) is 4.15. The topological polar surface area (TPSA) is 80.9 Å². The number of hydrogen-bond acceptors (Lipinski definition) is 4. The Hall–Kier alpha value is -3.14. The van der Waals surface area contributed by atoms with Crippen LogP contribution in [0.5, 0.6) is 23.0 Å². The smallest absolute Gasteiger partial charge is 0.157 e. The van der Waals surface area contributed by atoms with Crippen LogP contribution in [0.25, 0.3) is 0 Å². The van der Waals surface area contributed by atoms with E-state index in [0.29, 0.717) is 0 Å². The second kappa shape index (κ2) is 8.08. The molecule has 29 heavy (non-hydrogen) atoms. The number of hydrogen-bond donors (Lipinski definition) is 4. The first-order chi connectivity index (χ1) is 13.7. The lowest BCUT2D eigenvalue weighted by Crippen LogP contribution is -2.11. The van der Waals surface area contributed by atoms with Crippen molar-refractivity contribution in [2.75, 3.05) is 0 Å². The largest absolute Gasteiger partial charge is 0.508 e. The highest BCUT2D eigenvalue weighted by Crippen LogP contribution is 2.45. The first kappa shape index (κ1) is 20.6. The van der Waals surface area contributed by atoms with Gasteiger partial charge in [-0.1, -0.05) is 58.0 Å². The Balaban J connectivity index is 2.38. The van der Waals surface area contributed by atoms with Crippen LogP contribution in [0.4, 0.5) is 0 Å². The van der Waals surface area contributed by atoms with Gasteiger partial charge in [0.15, 0.2) is 11.5 Å². The summed E-state index contributed by atoms with van der Waals surface area (Å²) in [6.45, 7) is 8.09. The number of aromatic hydroxyl groups is 4. The second-order valence-electron chi connectivity index (χ2n) is 8.05. The fourth-order valence-corrected chi connectivity index (χ4v) is 4.15. The molecular weight excluding hydrogens is 364 g/mol. The first-order valence-corrected chi connectivity index (χ1v) is 9.87. The van der Waals surface area contributed by atoms with Crippen LogP contribution in [0.1, 0.15) is 73.3 Å². The lowest BCUT2D eigenvalue weighted by molar-refractivity contribution is 0.403. The van der Waals surface area contributed by atoms with Crippen LogP contribution in [-0.2, 0) is 0 Å². The Labute approximate surface area is 171 Å². The van der Waals surface area contributed by atoms with Crippen LogP contribution in [0.2, 0.25) is 0 Å². The van der Waals surface area contributed by atoms with Crippen LogP contribution in [-0.4, -0.2) is 20.4 Å². The molecule has 0 saturated carbocycles. The minimum absolute atomic E-state index is 0.0687. The maximum Gasteiger partial charge on any atom is 0.157 e. The predicted molar refractivity (Wildman–Crippen MR) is 115 cm³/mol. The molecule has 0 unspecified atom stereocenters. The molecule has 0 saturated heterocycles. The Morgan fingerprint density at radius 1 is 0.552 bits per heavy atom. The van der Waals surface area contributed by atoms with Gasteiger partial charge in [-0.15, -0.1) is 0 Å². The lowest BCUT2D eigenvalue weighted by atomic mass is 9.77. The molecule has 0 aliphatic heterocycles. The van der Waals surface area contributed by atoms with E-state index in [0.717, 1.165) is 27.8 Å². The van der Waals surface area contributed by atoms with E-state index in [1.807, 2.05) is 52.0 Å². The predicted octanol–water partition coefficient (Wildman–Crippen LogP) is 5.94. The van der Waals surface area contributed by atoms with Gasteiger partial charge in [-0.3, -0.25) is 0 Å². The summed E-state index contributed by atoms with van der Waals surface area (Å²) in [4.78, 5) is 0. The molecular formula is C25H28O4. The highest BCUT2D eigenvalue weighted by atomic mass is 16.3. The quantitative estimate of drug-likeness (QED) is 0.320. The van der Waals surface area contributed by atoms with Gasteiger partial charge >= 0.3 is 0 Å². The van der Waals surface area contributed by atoms with Gasteiger partial charge in [0.25, 0.3) is 0 Å². The average molecular weight is 392 g/mol. The van der Waals surface area contributed by atoms with Crippen molar-refractivity contribution in [3.8, 4) is 23.0 Å². The Morgan fingerprint density at radius 2 is 1.03 bits per heavy atom. The van der Waals surface area contributed by atoms with Crippen LogP contribution in [0.3, 0.4) is 0 Å². The molecule has 4 N–H and O–H groups in total. The molecule has 0 heterocycles. The van der Waals surface area contributed by atoms with Crippen LogP contribution < -0.4 is 0 Å². The summed E-state index contributed by atoms with van der Waals surface area (Å²) in [6, 6.07) is 15.7. The van der Waals surface area contributed by atoms with E-state index in [2.05, 4.69) is 0 Å². The van der Waals surface area contributed by atoms with E-state index in [1.54, 1.807) is 24.3 Å². The van der Waals surface area contributed by atoms with Gasteiger partial charge in [0.1, 0.15) is 11.5 Å². The monoisotopic (exact) mass is 392 g/mol. The number of rotatable bonds is 5. The maximum atomic E-state index is 10.6. The summed E-state index contributed by atoms with van der Waals surface area (Å²) in [5, 5.41) is 41.2. The average Bonchev–Trinajstić information content (AvgIpc) is 2.64. The Bertz CT molecular complexity index is 964. The minimum atomic E-state index is -0.338. The molecule has 152 valence electrons. The SMILES string of the molecule is CC(C)c1c(O)cccc1C(c1ccc(O)c(O)c1)c1cccc(O)c1C(C)C. The maximum absolute atomic E-state index is 10.6. The highest BCUT2D eigenvalue weighted by molar-refractivity contribution is 5.57. The molecule has 0 radical (unpaired) electrons. The number of benzene rings is 3. The number of phenols is 4. The normalized spacial score (nSPS) is 11.6. The third kappa shape index (κ3) is 3.88. The van der Waals surface area contributed by atoms with Crippen molar-refractivity contribution in [2.24, 2.45) is 0 Å². The molecule has 0 aliphatic rings. The van der Waals surface area contributed by atoms with Crippen molar-refractivity contribution in [1.82, 2.24) is 0 Å². The molecule has 0 fully saturated rings. The first-order valence-electron chi connectivity index (χ1n) is 9.87. The molecule has 4 heteroatoms. The van der Waals surface area contributed by atoms with Gasteiger partial charge in [-0.05, 0) is 52.8 Å². The zero-order valence-electron chi connectivity index (χ0n) is 17.2. The standard InChI is InChI=1S/C25H28O4/c1-14(2)23-17(7-5-9-20(23)27)25(16-11-12-19(26)22(29)13-16)18-8-6-10-21(28)24(18)15(3)4/h5-15,25-29H,1-4H3. The molecule has 0 amide bonds. The summed E-state index contributed by atoms with van der Waals surface area (Å²) in [5.41, 5.74) is 4.21. The second-order valence-corrected chi connectivity index (χ2v) is 8.05. The van der Waals surface area contributed by atoms with Gasteiger partial charge in [-0.2, -0.15) is 0 Å². The molecule has 3 aromatic rings. The summed E-state index contributed by atoms with van der Waals surface area (Å²) in [7, 11) is 0. The van der Waals surface area contributed by atoms with Gasteiger partial charge in [-0.25, -0.2) is 0 Å². The molecule has 3 aromatic carbocycles. The third-order valence-electron chi connectivity index (χ3n) is 5.34. The minimum Gasteiger partial charge on any atom is -0.508 e. The summed E-state index contributed by atoms with van der Waals surface area (Å²) in [5.74, 6) is -0.153. The Morgan fingerprint density at radius 3 is 1.45 bits per heavy atom. The van der Waals surface area contributed by atoms with E-state index < -0.39 is 0 Å². The zero-order chi connectivity index (χ0) is 21.3. The van der Waals surface area contributed by atoms with Crippen molar-refractivity contribution < 1.29 is 20.4 Å². The molecule has 3 rings (SSSR count). The van der Waals surface area contributed by atoms with E-state index in [1.165, 1.54) is 6.07 Å². The number of phenolic OH excluding ortho intramolecular Hbond substituents is 4. The van der Waals surface area contributed by atoms with E-state index in [-0.39, 0.29) is 40.8 Å². The third-order valence-corrected chi connectivity index (χ3v) is 5.34. The van der Waals surface area contributed by atoms with Crippen LogP contribution in [0.15, 0.2) is 54.6 Å². The zero-order valence-corrected chi connectivity index (χ0v) is 17.2. The molecule has 4 nitrogen and oxygen atoms in total. The van der Waals surface area contributed by atoms with Gasteiger partial charge < -0.3 is 20.4 Å². The van der Waals surface area contributed by atoms with Crippen molar-refractivity contribution in [3.63, 3.8) is 0 Å². The molecule has 0 aliphatic carbocycles. The molecule has 0 atom stereocenters. The molecule has 0 bridgehead atoms. The van der Waals surface area contributed by atoms with Crippen LogP contribution >= 0.6 is 0 Å². The summed E-state index contributed by atoms with van der Waals surface area (Å²) < 4.78 is 0. The summed E-state index contributed by atoms with van der Waals surface area (Å²) >= 11 is 0. The molecule has 0 spiro atoms. The fraction of sp³-hybridized carbons (Fsp3) is 0.280. The summed E-state index contributed by atoms with van der Waals surface area (Å²) in [6.07, 6.45) is 0. The molecule has 0 aromatic heterocycles. The van der Waals surface area contributed by atoms with Crippen molar-refractivity contribution in [1.29, 1.82) is 0 Å². The van der Waals surface area contributed by atoms with Gasteiger partial charge in [0, 0.05) is 17.0 Å². The van der Waals surface area contributed by atoms with Gasteiger partial charge in [0.05, 0.1) is 0 Å². The van der Waals surface area contributed by atoms with Crippen molar-refractivity contribution in [3.05, 3.63) is 82.4 Å². The van der Waals surface area contributed by atoms with Crippen LogP contribution in [0, 0.1) is 0 Å². The Kier molecular flexibility index (Phi) is 5.73.